The van der Waals surface area contributed by atoms with Gasteiger partial charge in [-0.15, -0.1) is 0 Å². The maximum atomic E-state index is 6.05. The molecule has 4 aromatic rings. The van der Waals surface area contributed by atoms with Crippen LogP contribution in [0.15, 0.2) is 60.7 Å². The largest absolute Gasteiger partial charge is 0.481 e. The predicted molar refractivity (Wildman–Crippen MR) is 149 cm³/mol. The topological polar surface area (TPSA) is 88.7 Å². The maximum Gasteiger partial charge on any atom is 0.220 e. The van der Waals surface area contributed by atoms with E-state index in [2.05, 4.69) is 67.1 Å². The number of pyridine rings is 2. The Labute approximate surface area is 224 Å². The molecule has 0 fully saturated rings. The molecular weight excluding hydrogens is 478 g/mol. The average Bonchev–Trinajstić information content (AvgIpc) is 2.95. The summed E-state index contributed by atoms with van der Waals surface area (Å²) < 4.78 is 22.8. The quantitative estimate of drug-likeness (QED) is 0.265. The first-order valence-corrected chi connectivity index (χ1v) is 12.7. The molecular formula is C31H35N3O4. The van der Waals surface area contributed by atoms with Crippen LogP contribution >= 0.6 is 0 Å². The predicted octanol–water partition coefficient (Wildman–Crippen LogP) is 5.96. The van der Waals surface area contributed by atoms with Gasteiger partial charge in [0.05, 0.1) is 14.2 Å². The summed E-state index contributed by atoms with van der Waals surface area (Å²) in [6.45, 7) is 7.48. The molecule has 0 aliphatic heterocycles. The minimum atomic E-state index is 0.358. The second kappa shape index (κ2) is 12.4. The van der Waals surface area contributed by atoms with E-state index in [1.165, 1.54) is 0 Å². The summed E-state index contributed by atoms with van der Waals surface area (Å²) in [5.74, 6) is 2.13. The Balaban J connectivity index is 1.52. The van der Waals surface area contributed by atoms with Gasteiger partial charge in [-0.1, -0.05) is 43.3 Å². The zero-order valence-electron chi connectivity index (χ0n) is 22.7. The highest BCUT2D eigenvalue weighted by Crippen LogP contribution is 2.31. The first-order chi connectivity index (χ1) is 18.5. The molecule has 0 saturated carbocycles. The molecule has 7 nitrogen and oxygen atoms in total. The van der Waals surface area contributed by atoms with E-state index in [-0.39, 0.29) is 0 Å². The van der Waals surface area contributed by atoms with Gasteiger partial charge in [-0.2, -0.15) is 9.97 Å². The van der Waals surface area contributed by atoms with Gasteiger partial charge in [-0.3, -0.25) is 0 Å². The molecule has 2 aromatic heterocycles. The number of rotatable bonds is 11. The highest BCUT2D eigenvalue weighted by atomic mass is 16.5. The molecule has 4 rings (SSSR count). The summed E-state index contributed by atoms with van der Waals surface area (Å²) in [5, 5.41) is 0. The summed E-state index contributed by atoms with van der Waals surface area (Å²) in [5.41, 5.74) is 14.5. The van der Waals surface area contributed by atoms with Crippen LogP contribution < -0.4 is 24.7 Å². The third kappa shape index (κ3) is 5.89. The van der Waals surface area contributed by atoms with Crippen molar-refractivity contribution in [2.45, 2.75) is 47.0 Å². The second-order valence-corrected chi connectivity index (χ2v) is 8.95. The van der Waals surface area contributed by atoms with Crippen molar-refractivity contribution in [3.8, 4) is 34.6 Å². The molecule has 0 aliphatic rings. The molecule has 0 bridgehead atoms. The third-order valence-corrected chi connectivity index (χ3v) is 6.75. The first kappa shape index (κ1) is 26.9. The van der Waals surface area contributed by atoms with Crippen molar-refractivity contribution in [2.24, 2.45) is 5.73 Å². The van der Waals surface area contributed by atoms with E-state index >= 15 is 0 Å². The standard InChI is InChI=1S/C31H35N3O4/c1-6-22-13-15-28(33-30(22)35-4)37-18-24-9-7-11-26(20(24)2)27-12-8-10-25(21(27)3)19-38-29-16-14-23(17-32)31(34-29)36-5/h7-16H,6,17-19,32H2,1-5H3. The van der Waals surface area contributed by atoms with E-state index in [4.69, 9.17) is 24.7 Å². The van der Waals surface area contributed by atoms with Crippen molar-refractivity contribution in [1.82, 2.24) is 9.97 Å². The summed E-state index contributed by atoms with van der Waals surface area (Å²) in [4.78, 5) is 8.93. The van der Waals surface area contributed by atoms with Gasteiger partial charge in [0, 0.05) is 29.8 Å². The van der Waals surface area contributed by atoms with Gasteiger partial charge in [-0.25, -0.2) is 0 Å². The summed E-state index contributed by atoms with van der Waals surface area (Å²) >= 11 is 0. The molecule has 198 valence electrons. The van der Waals surface area contributed by atoms with E-state index in [0.29, 0.717) is 43.3 Å². The van der Waals surface area contributed by atoms with Gasteiger partial charge >= 0.3 is 0 Å². The Hall–Kier alpha value is -4.10. The zero-order valence-corrected chi connectivity index (χ0v) is 22.7. The molecule has 0 amide bonds. The van der Waals surface area contributed by atoms with Gasteiger partial charge in [0.15, 0.2) is 0 Å². The summed E-state index contributed by atoms with van der Waals surface area (Å²) in [6, 6.07) is 20.1. The zero-order chi connectivity index (χ0) is 27.1. The fourth-order valence-electron chi connectivity index (χ4n) is 4.41. The van der Waals surface area contributed by atoms with Crippen LogP contribution in [0.25, 0.3) is 11.1 Å². The van der Waals surface area contributed by atoms with Crippen LogP contribution in [0.5, 0.6) is 23.5 Å². The number of hydrogen-bond acceptors (Lipinski definition) is 7. The number of benzene rings is 2. The molecule has 0 radical (unpaired) electrons. The average molecular weight is 514 g/mol. The molecule has 0 atom stereocenters. The van der Waals surface area contributed by atoms with Crippen molar-refractivity contribution < 1.29 is 18.9 Å². The lowest BCUT2D eigenvalue weighted by atomic mass is 9.92. The highest BCUT2D eigenvalue weighted by Gasteiger charge is 2.13. The van der Waals surface area contributed by atoms with Crippen molar-refractivity contribution in [3.63, 3.8) is 0 Å². The van der Waals surface area contributed by atoms with Gasteiger partial charge in [0.1, 0.15) is 13.2 Å². The molecule has 2 N–H and O–H groups in total. The molecule has 0 aliphatic carbocycles. The van der Waals surface area contributed by atoms with Crippen molar-refractivity contribution in [3.05, 3.63) is 94.0 Å². The van der Waals surface area contributed by atoms with Crippen LogP contribution in [0.4, 0.5) is 0 Å². The van der Waals surface area contributed by atoms with Gasteiger partial charge in [-0.05, 0) is 65.8 Å². The monoisotopic (exact) mass is 513 g/mol. The molecule has 38 heavy (non-hydrogen) atoms. The minimum absolute atomic E-state index is 0.358. The normalized spacial score (nSPS) is 10.8. The van der Waals surface area contributed by atoms with Crippen LogP contribution in [0.3, 0.4) is 0 Å². The molecule has 2 heterocycles. The number of aryl methyl sites for hydroxylation is 1. The van der Waals surface area contributed by atoms with Crippen LogP contribution in [-0.2, 0) is 26.2 Å². The van der Waals surface area contributed by atoms with E-state index in [1.807, 2.05) is 24.3 Å². The maximum absolute atomic E-state index is 6.05. The first-order valence-electron chi connectivity index (χ1n) is 12.7. The Kier molecular flexibility index (Phi) is 8.81. The second-order valence-electron chi connectivity index (χ2n) is 8.95. The van der Waals surface area contributed by atoms with Crippen LogP contribution in [0.2, 0.25) is 0 Å². The number of aromatic nitrogens is 2. The van der Waals surface area contributed by atoms with Crippen LogP contribution in [-0.4, -0.2) is 24.2 Å². The fourth-order valence-corrected chi connectivity index (χ4v) is 4.41. The van der Waals surface area contributed by atoms with E-state index in [0.717, 1.165) is 50.9 Å². The molecule has 7 heteroatoms. The molecule has 0 spiro atoms. The molecule has 2 aromatic carbocycles. The lowest BCUT2D eigenvalue weighted by Gasteiger charge is -2.17. The van der Waals surface area contributed by atoms with E-state index in [1.54, 1.807) is 14.2 Å². The number of nitrogens with zero attached hydrogens (tertiary/aromatic N) is 2. The molecule has 0 unspecified atom stereocenters. The lowest BCUT2D eigenvalue weighted by molar-refractivity contribution is 0.285. The van der Waals surface area contributed by atoms with Gasteiger partial charge in [0.25, 0.3) is 0 Å². The molecule has 0 saturated heterocycles. The highest BCUT2D eigenvalue weighted by molar-refractivity contribution is 5.72. The SMILES string of the molecule is CCc1ccc(OCc2cccc(-c3cccc(COc4ccc(CN)c(OC)n4)c3C)c2C)nc1OC. The Morgan fingerprint density at radius 1 is 0.632 bits per heavy atom. The van der Waals surface area contributed by atoms with E-state index < -0.39 is 0 Å². The fraction of sp³-hybridized carbons (Fsp3) is 0.290. The summed E-state index contributed by atoms with van der Waals surface area (Å²) in [6.07, 6.45) is 0.854. The van der Waals surface area contributed by atoms with Crippen molar-refractivity contribution in [2.75, 3.05) is 14.2 Å². The smallest absolute Gasteiger partial charge is 0.220 e. The number of hydrogen-bond donors (Lipinski definition) is 1. The Morgan fingerprint density at radius 2 is 1.11 bits per heavy atom. The van der Waals surface area contributed by atoms with Gasteiger partial charge in [0.2, 0.25) is 23.5 Å². The Bertz CT molecular complexity index is 1300. The number of ether oxygens (including phenoxy) is 4. The van der Waals surface area contributed by atoms with Crippen LogP contribution in [0.1, 0.15) is 40.3 Å². The number of methoxy groups -OCH3 is 2. The van der Waals surface area contributed by atoms with Crippen molar-refractivity contribution >= 4 is 0 Å². The third-order valence-electron chi connectivity index (χ3n) is 6.75. The number of nitrogens with two attached hydrogens (primary N) is 1. The van der Waals surface area contributed by atoms with Crippen LogP contribution in [0, 0.1) is 13.8 Å². The minimum Gasteiger partial charge on any atom is -0.481 e. The Morgan fingerprint density at radius 3 is 1.55 bits per heavy atom. The lowest BCUT2D eigenvalue weighted by Crippen LogP contribution is -2.05. The van der Waals surface area contributed by atoms with Crippen molar-refractivity contribution in [1.29, 1.82) is 0 Å². The van der Waals surface area contributed by atoms with Gasteiger partial charge < -0.3 is 24.7 Å². The van der Waals surface area contributed by atoms with E-state index in [9.17, 15) is 0 Å². The summed E-state index contributed by atoms with van der Waals surface area (Å²) in [7, 11) is 3.21.